The van der Waals surface area contributed by atoms with E-state index < -0.39 is 0 Å². The van der Waals surface area contributed by atoms with Gasteiger partial charge in [-0.2, -0.15) is 5.10 Å². The molecular formula is C23H26N4O2. The van der Waals surface area contributed by atoms with Crippen LogP contribution < -0.4 is 15.0 Å². The van der Waals surface area contributed by atoms with Crippen molar-refractivity contribution in [3.05, 3.63) is 66.4 Å². The number of hydrogen-bond donors (Lipinski definition) is 1. The molecule has 6 nitrogen and oxygen atoms in total. The second-order valence-electron chi connectivity index (χ2n) is 7.31. The molecule has 0 saturated carbocycles. The molecule has 0 radical (unpaired) electrons. The van der Waals surface area contributed by atoms with Crippen molar-refractivity contribution < 1.29 is 9.53 Å². The van der Waals surface area contributed by atoms with Gasteiger partial charge in [0.25, 0.3) is 5.91 Å². The molecule has 1 fully saturated rings. The van der Waals surface area contributed by atoms with Crippen LogP contribution in [-0.2, 0) is 7.05 Å². The van der Waals surface area contributed by atoms with Crippen LogP contribution in [-0.4, -0.2) is 41.9 Å². The quantitative estimate of drug-likeness (QED) is 0.700. The number of para-hydroxylation sites is 1. The van der Waals surface area contributed by atoms with Crippen LogP contribution in [0.5, 0.6) is 5.75 Å². The zero-order valence-electron chi connectivity index (χ0n) is 16.8. The first-order chi connectivity index (χ1) is 14.2. The molecule has 4 rings (SSSR count). The average molecular weight is 390 g/mol. The van der Waals surface area contributed by atoms with Crippen LogP contribution in [0.3, 0.4) is 0 Å². The second kappa shape index (κ2) is 8.39. The van der Waals surface area contributed by atoms with Crippen LogP contribution in [0.1, 0.15) is 23.3 Å². The fourth-order valence-electron chi connectivity index (χ4n) is 3.91. The summed E-state index contributed by atoms with van der Waals surface area (Å²) in [5.41, 5.74) is 3.44. The van der Waals surface area contributed by atoms with Gasteiger partial charge in [0.1, 0.15) is 11.4 Å². The first kappa shape index (κ1) is 19.1. The Balaban J connectivity index is 1.44. The highest BCUT2D eigenvalue weighted by Crippen LogP contribution is 2.25. The molecular weight excluding hydrogens is 364 g/mol. The number of ether oxygens (including phenoxy) is 1. The summed E-state index contributed by atoms with van der Waals surface area (Å²) in [5, 5.41) is 7.61. The predicted molar refractivity (Wildman–Crippen MR) is 114 cm³/mol. The van der Waals surface area contributed by atoms with Crippen molar-refractivity contribution in [2.75, 3.05) is 25.1 Å². The number of nitrogens with one attached hydrogen (secondary N) is 1. The van der Waals surface area contributed by atoms with Gasteiger partial charge in [0.15, 0.2) is 0 Å². The van der Waals surface area contributed by atoms with Crippen LogP contribution in [0.4, 0.5) is 5.69 Å². The number of hydrogen-bond acceptors (Lipinski definition) is 4. The third kappa shape index (κ3) is 4.11. The molecule has 1 saturated heterocycles. The standard InChI is InChI=1S/C23H26N4O2/c1-26-22(15-21(25-26)17-8-6-12-20(14-17)29-2)23(28)24-16-19-11-7-13-27(19)18-9-4-3-5-10-18/h3-6,8-10,12,14-15,19H,7,11,13,16H2,1-2H3,(H,24,28)/t19-/m0/s1. The van der Waals surface area contributed by atoms with Crippen LogP contribution >= 0.6 is 0 Å². The summed E-state index contributed by atoms with van der Waals surface area (Å²) < 4.78 is 6.92. The number of benzene rings is 2. The molecule has 29 heavy (non-hydrogen) atoms. The number of carbonyl (C=O) groups excluding carboxylic acids is 1. The fraction of sp³-hybridized carbons (Fsp3) is 0.304. The van der Waals surface area contributed by atoms with Gasteiger partial charge in [-0.3, -0.25) is 9.48 Å². The molecule has 1 N–H and O–H groups in total. The maximum Gasteiger partial charge on any atom is 0.269 e. The Labute approximate surface area is 171 Å². The van der Waals surface area contributed by atoms with Gasteiger partial charge in [-0.15, -0.1) is 0 Å². The minimum atomic E-state index is -0.103. The van der Waals surface area contributed by atoms with Crippen molar-refractivity contribution >= 4 is 11.6 Å². The number of amides is 1. The van der Waals surface area contributed by atoms with Gasteiger partial charge in [0.2, 0.25) is 0 Å². The van der Waals surface area contributed by atoms with Crippen molar-refractivity contribution in [2.24, 2.45) is 7.05 Å². The summed E-state index contributed by atoms with van der Waals surface area (Å²) in [7, 11) is 3.43. The topological polar surface area (TPSA) is 59.4 Å². The number of carbonyl (C=O) groups is 1. The molecule has 3 aromatic rings. The average Bonchev–Trinajstić information content (AvgIpc) is 3.39. The van der Waals surface area contributed by atoms with E-state index in [4.69, 9.17) is 4.74 Å². The summed E-state index contributed by atoms with van der Waals surface area (Å²) >= 11 is 0. The summed E-state index contributed by atoms with van der Waals surface area (Å²) in [6.07, 6.45) is 2.22. The van der Waals surface area contributed by atoms with Gasteiger partial charge in [0.05, 0.1) is 12.8 Å². The van der Waals surface area contributed by atoms with E-state index in [0.29, 0.717) is 18.3 Å². The van der Waals surface area contributed by atoms with E-state index >= 15 is 0 Å². The summed E-state index contributed by atoms with van der Waals surface area (Å²) in [5.74, 6) is 0.662. The highest BCUT2D eigenvalue weighted by molar-refractivity contribution is 5.93. The van der Waals surface area contributed by atoms with Crippen molar-refractivity contribution in [3.63, 3.8) is 0 Å². The Morgan fingerprint density at radius 2 is 2.00 bits per heavy atom. The highest BCUT2D eigenvalue weighted by Gasteiger charge is 2.25. The molecule has 0 aliphatic carbocycles. The van der Waals surface area contributed by atoms with Crippen molar-refractivity contribution in [1.82, 2.24) is 15.1 Å². The van der Waals surface area contributed by atoms with Gasteiger partial charge >= 0.3 is 0 Å². The minimum Gasteiger partial charge on any atom is -0.497 e. The molecule has 1 aliphatic heterocycles. The molecule has 1 atom stereocenters. The number of aryl methyl sites for hydroxylation is 1. The van der Waals surface area contributed by atoms with E-state index in [2.05, 4.69) is 39.6 Å². The number of anilines is 1. The molecule has 0 bridgehead atoms. The summed E-state index contributed by atoms with van der Waals surface area (Å²) in [4.78, 5) is 15.2. The third-order valence-electron chi connectivity index (χ3n) is 5.44. The summed E-state index contributed by atoms with van der Waals surface area (Å²) in [6.45, 7) is 1.64. The van der Waals surface area contributed by atoms with Gasteiger partial charge in [-0.05, 0) is 43.2 Å². The lowest BCUT2D eigenvalue weighted by atomic mass is 10.1. The maximum atomic E-state index is 12.8. The molecule has 0 spiro atoms. The largest absolute Gasteiger partial charge is 0.497 e. The lowest BCUT2D eigenvalue weighted by Crippen LogP contribution is -2.40. The van der Waals surface area contributed by atoms with E-state index in [-0.39, 0.29) is 5.91 Å². The number of nitrogens with zero attached hydrogens (tertiary/aromatic N) is 3. The molecule has 2 heterocycles. The van der Waals surface area contributed by atoms with Crippen LogP contribution in [0.2, 0.25) is 0 Å². The highest BCUT2D eigenvalue weighted by atomic mass is 16.5. The monoisotopic (exact) mass is 390 g/mol. The van der Waals surface area contributed by atoms with Crippen molar-refractivity contribution in [2.45, 2.75) is 18.9 Å². The van der Waals surface area contributed by atoms with Crippen LogP contribution in [0.15, 0.2) is 60.7 Å². The summed E-state index contributed by atoms with van der Waals surface area (Å²) in [6, 6.07) is 20.2. The molecule has 0 unspecified atom stereocenters. The molecule has 1 aliphatic rings. The first-order valence-electron chi connectivity index (χ1n) is 9.94. The predicted octanol–water partition coefficient (Wildman–Crippen LogP) is 3.49. The number of methoxy groups -OCH3 is 1. The van der Waals surface area contributed by atoms with E-state index in [1.807, 2.05) is 36.4 Å². The smallest absolute Gasteiger partial charge is 0.269 e. The lowest BCUT2D eigenvalue weighted by Gasteiger charge is -2.27. The van der Waals surface area contributed by atoms with Crippen LogP contribution in [0, 0.1) is 0 Å². The van der Waals surface area contributed by atoms with Gasteiger partial charge in [-0.1, -0.05) is 30.3 Å². The Hall–Kier alpha value is -3.28. The van der Waals surface area contributed by atoms with Gasteiger partial charge < -0.3 is 15.0 Å². The normalized spacial score (nSPS) is 16.1. The van der Waals surface area contributed by atoms with E-state index in [9.17, 15) is 4.79 Å². The lowest BCUT2D eigenvalue weighted by molar-refractivity contribution is 0.0942. The van der Waals surface area contributed by atoms with Gasteiger partial charge in [0, 0.05) is 37.4 Å². The first-order valence-corrected chi connectivity index (χ1v) is 9.94. The van der Waals surface area contributed by atoms with E-state index in [0.717, 1.165) is 36.4 Å². The zero-order valence-corrected chi connectivity index (χ0v) is 16.8. The maximum absolute atomic E-state index is 12.8. The van der Waals surface area contributed by atoms with Crippen molar-refractivity contribution in [1.29, 1.82) is 0 Å². The molecule has 2 aromatic carbocycles. The zero-order chi connectivity index (χ0) is 20.2. The Bertz CT molecular complexity index is 984. The van der Waals surface area contributed by atoms with Crippen LogP contribution in [0.25, 0.3) is 11.3 Å². The Kier molecular flexibility index (Phi) is 5.51. The number of aromatic nitrogens is 2. The molecule has 1 aromatic heterocycles. The van der Waals surface area contributed by atoms with E-state index in [1.165, 1.54) is 5.69 Å². The fourth-order valence-corrected chi connectivity index (χ4v) is 3.91. The SMILES string of the molecule is COc1cccc(-c2cc(C(=O)NC[C@@H]3CCCN3c3ccccc3)n(C)n2)c1. The number of rotatable bonds is 6. The second-order valence-corrected chi connectivity index (χ2v) is 7.31. The molecule has 150 valence electrons. The van der Waals surface area contributed by atoms with Gasteiger partial charge in [-0.25, -0.2) is 0 Å². The molecule has 1 amide bonds. The molecule has 6 heteroatoms. The van der Waals surface area contributed by atoms with Crippen molar-refractivity contribution in [3.8, 4) is 17.0 Å². The third-order valence-corrected chi connectivity index (χ3v) is 5.44. The Morgan fingerprint density at radius 3 is 2.79 bits per heavy atom. The van der Waals surface area contributed by atoms with E-state index in [1.54, 1.807) is 18.8 Å². The Morgan fingerprint density at radius 1 is 1.17 bits per heavy atom. The minimum absolute atomic E-state index is 0.103.